The lowest BCUT2D eigenvalue weighted by Gasteiger charge is -2.20. The van der Waals surface area contributed by atoms with Crippen LogP contribution in [-0.4, -0.2) is 30.9 Å². The van der Waals surface area contributed by atoms with Gasteiger partial charge >= 0.3 is 6.03 Å². The van der Waals surface area contributed by atoms with E-state index >= 15 is 0 Å². The van der Waals surface area contributed by atoms with Crippen molar-refractivity contribution in [1.82, 2.24) is 5.32 Å². The summed E-state index contributed by atoms with van der Waals surface area (Å²) in [6, 6.07) is 15.3. The van der Waals surface area contributed by atoms with Crippen molar-refractivity contribution in [2.45, 2.75) is 44.2 Å². The molecule has 0 saturated heterocycles. The van der Waals surface area contributed by atoms with E-state index in [4.69, 9.17) is 0 Å². The Morgan fingerprint density at radius 2 is 1.31 bits per heavy atom. The molecule has 2 rings (SSSR count). The van der Waals surface area contributed by atoms with E-state index in [2.05, 4.69) is 16.0 Å². The monoisotopic (exact) mass is 417 g/mol. The van der Waals surface area contributed by atoms with E-state index in [9.17, 15) is 18.0 Å². The molecule has 0 fully saturated rings. The first-order valence-corrected chi connectivity index (χ1v) is 11.0. The highest BCUT2D eigenvalue weighted by Gasteiger charge is 2.31. The highest BCUT2D eigenvalue weighted by molar-refractivity contribution is 7.93. The number of urea groups is 1. The Bertz CT molecular complexity index is 942. The zero-order valence-electron chi connectivity index (χ0n) is 17.0. The molecular weight excluding hydrogens is 390 g/mol. The lowest BCUT2D eigenvalue weighted by molar-refractivity contribution is -0.121. The first-order valence-electron chi connectivity index (χ1n) is 9.37. The molecule has 2 atom stereocenters. The fourth-order valence-electron chi connectivity index (χ4n) is 2.64. The summed E-state index contributed by atoms with van der Waals surface area (Å²) in [6.07, 6.45) is 0. The van der Waals surface area contributed by atoms with Gasteiger partial charge in [0.15, 0.2) is 9.84 Å². The van der Waals surface area contributed by atoms with Gasteiger partial charge in [-0.1, -0.05) is 30.3 Å². The number of para-hydroxylation sites is 1. The number of carbonyl (C=O) groups is 2. The van der Waals surface area contributed by atoms with Gasteiger partial charge in [0.25, 0.3) is 0 Å². The molecule has 2 aromatic rings. The molecule has 0 saturated carbocycles. The van der Waals surface area contributed by atoms with E-state index < -0.39 is 26.2 Å². The zero-order valence-corrected chi connectivity index (χ0v) is 17.8. The molecule has 0 aliphatic heterocycles. The molecule has 29 heavy (non-hydrogen) atoms. The van der Waals surface area contributed by atoms with E-state index in [-0.39, 0.29) is 12.1 Å². The van der Waals surface area contributed by atoms with Gasteiger partial charge in [0.1, 0.15) is 5.25 Å². The molecule has 2 unspecified atom stereocenters. The third kappa shape index (κ3) is 6.05. The maximum atomic E-state index is 12.3. The predicted molar refractivity (Wildman–Crippen MR) is 116 cm³/mol. The van der Waals surface area contributed by atoms with Crippen molar-refractivity contribution in [2.75, 3.05) is 10.6 Å². The average molecular weight is 418 g/mol. The molecule has 3 amide bonds. The zero-order chi connectivity index (χ0) is 21.6. The van der Waals surface area contributed by atoms with Gasteiger partial charge in [0.05, 0.1) is 11.3 Å². The molecule has 0 aliphatic rings. The summed E-state index contributed by atoms with van der Waals surface area (Å²) in [5.74, 6) is -0.532. The number of hydrogen-bond donors (Lipinski definition) is 3. The van der Waals surface area contributed by atoms with E-state index in [0.29, 0.717) is 11.4 Å². The van der Waals surface area contributed by atoms with Crippen LogP contribution in [0.3, 0.4) is 0 Å². The number of amides is 3. The number of benzene rings is 2. The molecule has 7 nitrogen and oxygen atoms in total. The van der Waals surface area contributed by atoms with Crippen LogP contribution in [-0.2, 0) is 14.6 Å². The first-order chi connectivity index (χ1) is 13.6. The van der Waals surface area contributed by atoms with Crippen LogP contribution in [0.15, 0.2) is 54.6 Å². The highest BCUT2D eigenvalue weighted by Crippen LogP contribution is 2.18. The Labute approximate surface area is 171 Å². The van der Waals surface area contributed by atoms with Crippen LogP contribution in [0.5, 0.6) is 0 Å². The lowest BCUT2D eigenvalue weighted by Crippen LogP contribution is -2.41. The molecule has 0 heterocycles. The van der Waals surface area contributed by atoms with Gasteiger partial charge in [-0.25, -0.2) is 13.2 Å². The lowest BCUT2D eigenvalue weighted by atomic mass is 10.1. The molecule has 0 aliphatic carbocycles. The van der Waals surface area contributed by atoms with Gasteiger partial charge in [0, 0.05) is 11.4 Å². The van der Waals surface area contributed by atoms with E-state index in [1.165, 1.54) is 6.92 Å². The normalized spacial score (nSPS) is 13.4. The summed E-state index contributed by atoms with van der Waals surface area (Å²) in [5, 5.41) is 6.45. The SMILES string of the molecule is CC(NC(=O)C(C)S(=O)(=O)C(C)C)c1ccc(NC(=O)Nc2ccccc2)cc1. The quantitative estimate of drug-likeness (QED) is 0.638. The van der Waals surface area contributed by atoms with Gasteiger partial charge in [-0.2, -0.15) is 0 Å². The topological polar surface area (TPSA) is 104 Å². The molecule has 0 radical (unpaired) electrons. The Kier molecular flexibility index (Phi) is 7.39. The standard InChI is InChI=1S/C21H27N3O4S/c1-14(2)29(27,28)16(4)20(25)22-15(3)17-10-12-19(13-11-17)24-21(26)23-18-8-6-5-7-9-18/h5-16H,1-4H3,(H,22,25)(H2,23,24,26). The van der Waals surface area contributed by atoms with E-state index in [0.717, 1.165) is 5.56 Å². The minimum Gasteiger partial charge on any atom is -0.348 e. The maximum absolute atomic E-state index is 12.3. The second-order valence-electron chi connectivity index (χ2n) is 7.08. The molecule has 0 spiro atoms. The third-order valence-corrected chi connectivity index (χ3v) is 7.09. The number of carbonyl (C=O) groups excluding carboxylic acids is 2. The van der Waals surface area contributed by atoms with Crippen LogP contribution in [0.2, 0.25) is 0 Å². The van der Waals surface area contributed by atoms with Crippen molar-refractivity contribution in [1.29, 1.82) is 0 Å². The third-order valence-electron chi connectivity index (χ3n) is 4.58. The maximum Gasteiger partial charge on any atom is 0.323 e. The fraction of sp³-hybridized carbons (Fsp3) is 0.333. The molecule has 0 aromatic heterocycles. The van der Waals surface area contributed by atoms with Gasteiger partial charge in [-0.3, -0.25) is 4.79 Å². The number of nitrogens with one attached hydrogen (secondary N) is 3. The van der Waals surface area contributed by atoms with Crippen LogP contribution in [0.4, 0.5) is 16.2 Å². The van der Waals surface area contributed by atoms with Crippen molar-refractivity contribution in [3.63, 3.8) is 0 Å². The summed E-state index contributed by atoms with van der Waals surface area (Å²) in [5.41, 5.74) is 2.07. The second-order valence-corrected chi connectivity index (χ2v) is 9.91. The Morgan fingerprint density at radius 3 is 1.83 bits per heavy atom. The molecule has 0 bridgehead atoms. The van der Waals surface area contributed by atoms with Crippen molar-refractivity contribution in [2.24, 2.45) is 0 Å². The van der Waals surface area contributed by atoms with Gasteiger partial charge in [0.2, 0.25) is 5.91 Å². The summed E-state index contributed by atoms with van der Waals surface area (Å²) in [7, 11) is -3.52. The smallest absolute Gasteiger partial charge is 0.323 e. The largest absolute Gasteiger partial charge is 0.348 e. The Hall–Kier alpha value is -2.87. The number of anilines is 2. The molecular formula is C21H27N3O4S. The van der Waals surface area contributed by atoms with Crippen molar-refractivity contribution in [3.05, 3.63) is 60.2 Å². The number of sulfone groups is 1. The molecule has 3 N–H and O–H groups in total. The Morgan fingerprint density at radius 1 is 0.793 bits per heavy atom. The summed E-state index contributed by atoms with van der Waals surface area (Å²) >= 11 is 0. The van der Waals surface area contributed by atoms with Gasteiger partial charge < -0.3 is 16.0 Å². The average Bonchev–Trinajstić information content (AvgIpc) is 2.68. The van der Waals surface area contributed by atoms with Crippen LogP contribution in [0.25, 0.3) is 0 Å². The first kappa shape index (κ1) is 22.4. The number of rotatable bonds is 7. The molecule has 2 aromatic carbocycles. The second kappa shape index (κ2) is 9.56. The predicted octanol–water partition coefficient (Wildman–Crippen LogP) is 3.72. The Balaban J connectivity index is 1.95. The van der Waals surface area contributed by atoms with Crippen LogP contribution in [0, 0.1) is 0 Å². The van der Waals surface area contributed by atoms with Crippen molar-refractivity contribution >= 4 is 33.2 Å². The fourth-order valence-corrected chi connectivity index (χ4v) is 3.82. The minimum atomic E-state index is -3.52. The van der Waals surface area contributed by atoms with Crippen LogP contribution < -0.4 is 16.0 Å². The molecule has 156 valence electrons. The van der Waals surface area contributed by atoms with E-state index in [1.807, 2.05) is 18.2 Å². The van der Waals surface area contributed by atoms with Gasteiger partial charge in [-0.15, -0.1) is 0 Å². The highest BCUT2D eigenvalue weighted by atomic mass is 32.2. The van der Waals surface area contributed by atoms with Crippen LogP contribution in [0.1, 0.15) is 39.3 Å². The van der Waals surface area contributed by atoms with E-state index in [1.54, 1.807) is 57.2 Å². The summed E-state index contributed by atoms with van der Waals surface area (Å²) in [4.78, 5) is 24.3. The minimum absolute atomic E-state index is 0.363. The summed E-state index contributed by atoms with van der Waals surface area (Å²) < 4.78 is 24.3. The van der Waals surface area contributed by atoms with Crippen LogP contribution >= 0.6 is 0 Å². The number of hydrogen-bond acceptors (Lipinski definition) is 4. The molecule has 8 heteroatoms. The summed E-state index contributed by atoms with van der Waals surface area (Å²) in [6.45, 7) is 6.29. The van der Waals surface area contributed by atoms with Crippen molar-refractivity contribution < 1.29 is 18.0 Å². The van der Waals surface area contributed by atoms with Crippen molar-refractivity contribution in [3.8, 4) is 0 Å². The van der Waals surface area contributed by atoms with Gasteiger partial charge in [-0.05, 0) is 57.5 Å².